The van der Waals surface area contributed by atoms with Crippen molar-refractivity contribution in [3.8, 4) is 0 Å². The van der Waals surface area contributed by atoms with E-state index in [0.717, 1.165) is 25.6 Å². The highest BCUT2D eigenvalue weighted by atomic mass is 32.2. The highest BCUT2D eigenvalue weighted by Gasteiger charge is 2.51. The van der Waals surface area contributed by atoms with Crippen molar-refractivity contribution in [3.05, 3.63) is 0 Å². The number of amides is 1. The molecule has 152 valence electrons. The third kappa shape index (κ3) is 7.55. The Morgan fingerprint density at radius 1 is 0.889 bits per heavy atom. The zero-order valence-corrected chi connectivity index (χ0v) is 16.5. The average molecular weight is 405 g/mol. The molecule has 5 atom stereocenters. The topological polar surface area (TPSA) is 134 Å². The van der Waals surface area contributed by atoms with Gasteiger partial charge in [0.25, 0.3) is 0 Å². The lowest BCUT2D eigenvalue weighted by Crippen LogP contribution is -2.65. The van der Waals surface area contributed by atoms with Crippen LogP contribution in [0.4, 0.5) is 0 Å². The standard InChI is InChI=1S/C16H23NO9S/c1-7(18)17-13-15(25-10(4)21)14(24-9(3)20)12(6-23-8(2)19)26-16(13)27-11(5)22/h12-16H,6H2,1-5H3,(H,17,18). The average Bonchev–Trinajstić information content (AvgIpc) is 2.49. The molecule has 1 aliphatic heterocycles. The van der Waals surface area contributed by atoms with Gasteiger partial charge in [0.05, 0.1) is 0 Å². The Morgan fingerprint density at radius 2 is 1.44 bits per heavy atom. The minimum Gasteiger partial charge on any atom is -0.463 e. The van der Waals surface area contributed by atoms with Crippen LogP contribution in [0.3, 0.4) is 0 Å². The second-order valence-corrected chi connectivity index (χ2v) is 7.10. The highest BCUT2D eigenvalue weighted by molar-refractivity contribution is 8.14. The van der Waals surface area contributed by atoms with Crippen LogP contribution >= 0.6 is 11.8 Å². The van der Waals surface area contributed by atoms with Crippen LogP contribution in [-0.2, 0) is 42.9 Å². The number of carbonyl (C=O) groups is 5. The van der Waals surface area contributed by atoms with Crippen LogP contribution in [0.15, 0.2) is 0 Å². The van der Waals surface area contributed by atoms with E-state index in [9.17, 15) is 24.0 Å². The lowest BCUT2D eigenvalue weighted by atomic mass is 9.97. The zero-order valence-electron chi connectivity index (χ0n) is 15.7. The summed E-state index contributed by atoms with van der Waals surface area (Å²) in [6.45, 7) is 5.74. The first-order valence-electron chi connectivity index (χ1n) is 8.08. The van der Waals surface area contributed by atoms with E-state index in [2.05, 4.69) is 5.32 Å². The molecule has 0 bridgehead atoms. The molecule has 1 aliphatic rings. The molecule has 0 aromatic heterocycles. The summed E-state index contributed by atoms with van der Waals surface area (Å²) in [7, 11) is 0. The first-order valence-corrected chi connectivity index (χ1v) is 8.96. The Balaban J connectivity index is 3.29. The van der Waals surface area contributed by atoms with E-state index in [1.807, 2.05) is 0 Å². The van der Waals surface area contributed by atoms with Crippen molar-refractivity contribution in [3.63, 3.8) is 0 Å². The van der Waals surface area contributed by atoms with Crippen molar-refractivity contribution in [1.29, 1.82) is 0 Å². The Hall–Kier alpha value is -2.14. The third-order valence-corrected chi connectivity index (χ3v) is 4.32. The molecule has 1 saturated heterocycles. The molecule has 5 unspecified atom stereocenters. The molecular weight excluding hydrogens is 382 g/mol. The molecule has 0 aromatic carbocycles. The number of hydrogen-bond acceptors (Lipinski definition) is 10. The quantitative estimate of drug-likeness (QED) is 0.472. The summed E-state index contributed by atoms with van der Waals surface area (Å²) in [6, 6.07) is -0.974. The molecule has 0 aliphatic carbocycles. The molecule has 0 spiro atoms. The Labute approximate surface area is 160 Å². The largest absolute Gasteiger partial charge is 0.463 e. The first kappa shape index (κ1) is 22.9. The molecule has 1 heterocycles. The lowest BCUT2D eigenvalue weighted by Gasteiger charge is -2.44. The van der Waals surface area contributed by atoms with E-state index in [1.165, 1.54) is 20.8 Å². The van der Waals surface area contributed by atoms with E-state index in [0.29, 0.717) is 0 Å². The Kier molecular flexibility index (Phi) is 8.70. The maximum atomic E-state index is 11.6. The van der Waals surface area contributed by atoms with Crippen LogP contribution in [0.5, 0.6) is 0 Å². The van der Waals surface area contributed by atoms with Gasteiger partial charge in [-0.05, 0) is 0 Å². The van der Waals surface area contributed by atoms with Gasteiger partial charge in [-0.2, -0.15) is 0 Å². The van der Waals surface area contributed by atoms with E-state index in [4.69, 9.17) is 18.9 Å². The van der Waals surface area contributed by atoms with Crippen LogP contribution in [0.25, 0.3) is 0 Å². The number of nitrogens with one attached hydrogen (secondary N) is 1. The van der Waals surface area contributed by atoms with Gasteiger partial charge in [0.15, 0.2) is 17.3 Å². The summed E-state index contributed by atoms with van der Waals surface area (Å²) >= 11 is 0.767. The fraction of sp³-hybridized carbons (Fsp3) is 0.688. The lowest BCUT2D eigenvalue weighted by molar-refractivity contribution is -0.211. The normalized spacial score (nSPS) is 27.2. The fourth-order valence-electron chi connectivity index (χ4n) is 2.55. The van der Waals surface area contributed by atoms with E-state index in [-0.39, 0.29) is 11.7 Å². The minimum absolute atomic E-state index is 0.299. The number of carbonyl (C=O) groups excluding carboxylic acids is 5. The smallest absolute Gasteiger partial charge is 0.303 e. The van der Waals surface area contributed by atoms with E-state index >= 15 is 0 Å². The van der Waals surface area contributed by atoms with Crippen molar-refractivity contribution in [2.24, 2.45) is 0 Å². The molecule has 0 aromatic rings. The zero-order chi connectivity index (χ0) is 20.7. The fourth-order valence-corrected chi connectivity index (χ4v) is 3.45. The number of esters is 3. The minimum atomic E-state index is -1.16. The summed E-state index contributed by atoms with van der Waals surface area (Å²) < 4.78 is 21.2. The van der Waals surface area contributed by atoms with E-state index < -0.39 is 53.6 Å². The Bertz CT molecular complexity index is 609. The summed E-state index contributed by atoms with van der Waals surface area (Å²) in [5.41, 5.74) is -0.955. The molecule has 1 N–H and O–H groups in total. The van der Waals surface area contributed by atoms with Crippen molar-refractivity contribution < 1.29 is 42.9 Å². The monoisotopic (exact) mass is 405 g/mol. The van der Waals surface area contributed by atoms with Crippen molar-refractivity contribution in [2.45, 2.75) is 64.4 Å². The number of hydrogen-bond donors (Lipinski definition) is 1. The second-order valence-electron chi connectivity index (χ2n) is 5.83. The van der Waals surface area contributed by atoms with Crippen LogP contribution in [0.2, 0.25) is 0 Å². The maximum Gasteiger partial charge on any atom is 0.303 e. The van der Waals surface area contributed by atoms with Gasteiger partial charge in [-0.15, -0.1) is 0 Å². The van der Waals surface area contributed by atoms with Gasteiger partial charge in [-0.25, -0.2) is 0 Å². The van der Waals surface area contributed by atoms with Gasteiger partial charge in [0.2, 0.25) is 5.91 Å². The van der Waals surface area contributed by atoms with Crippen molar-refractivity contribution >= 4 is 40.7 Å². The predicted octanol–water partition coefficient (Wildman–Crippen LogP) is -0.0778. The molecule has 10 nitrogen and oxygen atoms in total. The van der Waals surface area contributed by atoms with Gasteiger partial charge in [-0.3, -0.25) is 24.0 Å². The van der Waals surface area contributed by atoms with Gasteiger partial charge in [0, 0.05) is 34.6 Å². The van der Waals surface area contributed by atoms with Crippen LogP contribution < -0.4 is 5.32 Å². The number of rotatable bonds is 6. The van der Waals surface area contributed by atoms with Gasteiger partial charge >= 0.3 is 17.9 Å². The molecular formula is C16H23NO9S. The summed E-state index contributed by atoms with van der Waals surface area (Å²) in [5, 5.41) is 2.26. The van der Waals surface area contributed by atoms with Gasteiger partial charge in [0.1, 0.15) is 24.2 Å². The summed E-state index contributed by atoms with van der Waals surface area (Å²) in [4.78, 5) is 57.5. The Morgan fingerprint density at radius 3 is 1.89 bits per heavy atom. The molecule has 0 radical (unpaired) electrons. The summed E-state index contributed by atoms with van der Waals surface area (Å²) in [5.74, 6) is -2.43. The van der Waals surface area contributed by atoms with Crippen LogP contribution in [-0.4, -0.2) is 65.3 Å². The summed E-state index contributed by atoms with van der Waals surface area (Å²) in [6.07, 6.45) is -3.32. The highest BCUT2D eigenvalue weighted by Crippen LogP contribution is 2.32. The van der Waals surface area contributed by atoms with E-state index in [1.54, 1.807) is 0 Å². The molecule has 1 rings (SSSR count). The molecule has 0 saturated carbocycles. The van der Waals surface area contributed by atoms with Crippen LogP contribution in [0, 0.1) is 0 Å². The van der Waals surface area contributed by atoms with Gasteiger partial charge in [-0.1, -0.05) is 11.8 Å². The molecule has 1 fully saturated rings. The first-order chi connectivity index (χ1) is 12.5. The molecule has 27 heavy (non-hydrogen) atoms. The number of thioether (sulfide) groups is 1. The maximum absolute atomic E-state index is 11.6. The predicted molar refractivity (Wildman–Crippen MR) is 92.3 cm³/mol. The number of ether oxygens (including phenoxy) is 4. The van der Waals surface area contributed by atoms with Gasteiger partial charge < -0.3 is 24.3 Å². The molecule has 1 amide bonds. The molecule has 11 heteroatoms. The van der Waals surface area contributed by atoms with Crippen molar-refractivity contribution in [1.82, 2.24) is 5.32 Å². The van der Waals surface area contributed by atoms with Crippen LogP contribution in [0.1, 0.15) is 34.6 Å². The second kappa shape index (κ2) is 10.3. The SMILES string of the molecule is CC(=O)NC1C(SC(C)=O)OC(COC(C)=O)C(OC(C)=O)C1OC(C)=O. The van der Waals surface area contributed by atoms with Crippen molar-refractivity contribution in [2.75, 3.05) is 6.61 Å². The third-order valence-electron chi connectivity index (χ3n) is 3.35.